The third-order valence-electron chi connectivity index (χ3n) is 2.09. The molecule has 0 aromatic heterocycles. The Morgan fingerprint density at radius 2 is 1.73 bits per heavy atom. The fourth-order valence-electron chi connectivity index (χ4n) is 1.45. The Balaban J connectivity index is 4.07. The predicted octanol–water partition coefficient (Wildman–Crippen LogP) is 2.89. The largest absolute Gasteiger partial charge is 0.384 e. The van der Waals surface area contributed by atoms with Crippen LogP contribution in [0.5, 0.6) is 0 Å². The SMILES string of the molecule is CCC(CC)/C(C)=C/N(C)C. The minimum atomic E-state index is 0.775. The van der Waals surface area contributed by atoms with Crippen LogP contribution >= 0.6 is 0 Å². The van der Waals surface area contributed by atoms with Crippen LogP contribution in [0, 0.1) is 5.92 Å². The van der Waals surface area contributed by atoms with Crippen molar-refractivity contribution in [1.82, 2.24) is 4.90 Å². The van der Waals surface area contributed by atoms with Gasteiger partial charge in [0.25, 0.3) is 0 Å². The molecule has 0 aromatic carbocycles. The van der Waals surface area contributed by atoms with Crippen molar-refractivity contribution >= 4 is 0 Å². The van der Waals surface area contributed by atoms with Crippen LogP contribution in [0.2, 0.25) is 0 Å². The summed E-state index contributed by atoms with van der Waals surface area (Å²) in [7, 11) is 4.15. The van der Waals surface area contributed by atoms with Crippen molar-refractivity contribution in [2.75, 3.05) is 14.1 Å². The van der Waals surface area contributed by atoms with Crippen molar-refractivity contribution in [3.05, 3.63) is 11.8 Å². The van der Waals surface area contributed by atoms with E-state index in [2.05, 4.69) is 46.0 Å². The van der Waals surface area contributed by atoms with Gasteiger partial charge in [-0.2, -0.15) is 0 Å². The third-order valence-corrected chi connectivity index (χ3v) is 2.09. The Hall–Kier alpha value is -0.460. The van der Waals surface area contributed by atoms with E-state index in [0.717, 1.165) is 5.92 Å². The summed E-state index contributed by atoms with van der Waals surface area (Å²) in [6.45, 7) is 6.72. The summed E-state index contributed by atoms with van der Waals surface area (Å²) >= 11 is 0. The van der Waals surface area contributed by atoms with Crippen LogP contribution in [0.4, 0.5) is 0 Å². The van der Waals surface area contributed by atoms with Crippen LogP contribution in [0.1, 0.15) is 33.6 Å². The normalized spacial score (nSPS) is 12.4. The maximum Gasteiger partial charge on any atom is 0.00556 e. The molecule has 0 aliphatic heterocycles. The van der Waals surface area contributed by atoms with Gasteiger partial charge in [0.2, 0.25) is 0 Å². The van der Waals surface area contributed by atoms with Crippen molar-refractivity contribution < 1.29 is 0 Å². The van der Waals surface area contributed by atoms with E-state index in [9.17, 15) is 0 Å². The molecule has 1 nitrogen and oxygen atoms in total. The average molecular weight is 155 g/mol. The lowest BCUT2D eigenvalue weighted by atomic mass is 9.96. The van der Waals surface area contributed by atoms with Crippen molar-refractivity contribution in [3.8, 4) is 0 Å². The first-order valence-corrected chi connectivity index (χ1v) is 4.46. The molecule has 0 bridgehead atoms. The summed E-state index contributed by atoms with van der Waals surface area (Å²) < 4.78 is 0. The van der Waals surface area contributed by atoms with E-state index in [1.54, 1.807) is 0 Å². The van der Waals surface area contributed by atoms with Crippen LogP contribution in [-0.2, 0) is 0 Å². The molecule has 0 radical (unpaired) electrons. The van der Waals surface area contributed by atoms with E-state index < -0.39 is 0 Å². The minimum Gasteiger partial charge on any atom is -0.384 e. The highest BCUT2D eigenvalue weighted by Gasteiger charge is 2.04. The summed E-state index contributed by atoms with van der Waals surface area (Å²) in [5, 5.41) is 0. The van der Waals surface area contributed by atoms with Gasteiger partial charge in [0.1, 0.15) is 0 Å². The molecule has 0 saturated heterocycles. The van der Waals surface area contributed by atoms with E-state index in [-0.39, 0.29) is 0 Å². The molecule has 0 saturated carbocycles. The van der Waals surface area contributed by atoms with Gasteiger partial charge in [-0.3, -0.25) is 0 Å². The molecule has 0 unspecified atom stereocenters. The van der Waals surface area contributed by atoms with E-state index in [4.69, 9.17) is 0 Å². The standard InChI is InChI=1S/C10H21N/c1-6-10(7-2)9(3)8-11(4)5/h8,10H,6-7H2,1-5H3/b9-8+. The summed E-state index contributed by atoms with van der Waals surface area (Å²) in [5.74, 6) is 0.775. The molecule has 0 aliphatic carbocycles. The number of allylic oxidation sites excluding steroid dienone is 1. The first-order valence-electron chi connectivity index (χ1n) is 4.46. The van der Waals surface area contributed by atoms with E-state index in [1.807, 2.05) is 0 Å². The lowest BCUT2D eigenvalue weighted by Gasteiger charge is -2.15. The molecule has 0 fully saturated rings. The number of rotatable bonds is 4. The zero-order valence-corrected chi connectivity index (χ0v) is 8.52. The van der Waals surface area contributed by atoms with Crippen molar-refractivity contribution in [1.29, 1.82) is 0 Å². The molecule has 11 heavy (non-hydrogen) atoms. The number of hydrogen-bond acceptors (Lipinski definition) is 1. The fraction of sp³-hybridized carbons (Fsp3) is 0.800. The Bertz CT molecular complexity index is 121. The minimum absolute atomic E-state index is 0.775. The van der Waals surface area contributed by atoms with Gasteiger partial charge in [0.05, 0.1) is 0 Å². The second kappa shape index (κ2) is 5.22. The maximum atomic E-state index is 2.25. The highest BCUT2D eigenvalue weighted by molar-refractivity contribution is 5.01. The van der Waals surface area contributed by atoms with Crippen LogP contribution < -0.4 is 0 Å². The van der Waals surface area contributed by atoms with E-state index >= 15 is 0 Å². The van der Waals surface area contributed by atoms with Crippen molar-refractivity contribution in [3.63, 3.8) is 0 Å². The molecule has 66 valence electrons. The molecule has 0 N–H and O–H groups in total. The first-order chi connectivity index (χ1) is 5.11. The number of hydrogen-bond donors (Lipinski definition) is 0. The van der Waals surface area contributed by atoms with Crippen LogP contribution in [-0.4, -0.2) is 19.0 Å². The van der Waals surface area contributed by atoms with E-state index in [0.29, 0.717) is 0 Å². The van der Waals surface area contributed by atoms with E-state index in [1.165, 1.54) is 18.4 Å². The van der Waals surface area contributed by atoms with Gasteiger partial charge in [-0.05, 0) is 31.9 Å². The molecule has 0 spiro atoms. The highest BCUT2D eigenvalue weighted by Crippen LogP contribution is 2.17. The summed E-state index contributed by atoms with van der Waals surface area (Å²) in [4.78, 5) is 2.12. The van der Waals surface area contributed by atoms with Crippen molar-refractivity contribution in [2.24, 2.45) is 5.92 Å². The third kappa shape index (κ3) is 4.07. The lowest BCUT2D eigenvalue weighted by Crippen LogP contribution is -2.06. The first kappa shape index (κ1) is 10.5. The molecule has 0 rings (SSSR count). The highest BCUT2D eigenvalue weighted by atomic mass is 15.0. The smallest absolute Gasteiger partial charge is 0.00556 e. The molecule has 0 amide bonds. The summed E-state index contributed by atoms with van der Waals surface area (Å²) in [6.07, 6.45) is 4.73. The Labute approximate surface area is 71.1 Å². The van der Waals surface area contributed by atoms with Gasteiger partial charge < -0.3 is 4.90 Å². The molecular formula is C10H21N. The van der Waals surface area contributed by atoms with Gasteiger partial charge in [0.15, 0.2) is 0 Å². The fourth-order valence-corrected chi connectivity index (χ4v) is 1.45. The Morgan fingerprint density at radius 1 is 1.27 bits per heavy atom. The zero-order chi connectivity index (χ0) is 8.85. The predicted molar refractivity (Wildman–Crippen MR) is 51.5 cm³/mol. The Kier molecular flexibility index (Phi) is 5.01. The zero-order valence-electron chi connectivity index (χ0n) is 8.52. The molecule has 0 atom stereocenters. The second-order valence-electron chi connectivity index (χ2n) is 3.35. The molecule has 0 aromatic rings. The summed E-state index contributed by atoms with van der Waals surface area (Å²) in [6, 6.07) is 0. The molecular weight excluding hydrogens is 134 g/mol. The van der Waals surface area contributed by atoms with Crippen LogP contribution in [0.3, 0.4) is 0 Å². The lowest BCUT2D eigenvalue weighted by molar-refractivity contribution is 0.516. The van der Waals surface area contributed by atoms with Gasteiger partial charge in [-0.25, -0.2) is 0 Å². The maximum absolute atomic E-state index is 2.25. The van der Waals surface area contributed by atoms with Gasteiger partial charge in [-0.1, -0.05) is 19.4 Å². The monoisotopic (exact) mass is 155 g/mol. The summed E-state index contributed by atoms with van der Waals surface area (Å²) in [5.41, 5.74) is 1.50. The van der Waals surface area contributed by atoms with Crippen LogP contribution in [0.25, 0.3) is 0 Å². The topological polar surface area (TPSA) is 3.24 Å². The number of nitrogens with zero attached hydrogens (tertiary/aromatic N) is 1. The average Bonchev–Trinajstić information content (AvgIpc) is 1.88. The quantitative estimate of drug-likeness (QED) is 0.603. The van der Waals surface area contributed by atoms with Crippen molar-refractivity contribution in [2.45, 2.75) is 33.6 Å². The molecule has 1 heteroatoms. The van der Waals surface area contributed by atoms with Crippen LogP contribution in [0.15, 0.2) is 11.8 Å². The second-order valence-corrected chi connectivity index (χ2v) is 3.35. The van der Waals surface area contributed by atoms with Gasteiger partial charge >= 0.3 is 0 Å². The Morgan fingerprint density at radius 3 is 2.00 bits per heavy atom. The van der Waals surface area contributed by atoms with Gasteiger partial charge in [-0.15, -0.1) is 0 Å². The molecule has 0 aliphatic rings. The molecule has 0 heterocycles. The van der Waals surface area contributed by atoms with Gasteiger partial charge in [0, 0.05) is 14.1 Å².